The molecule has 0 radical (unpaired) electrons. The zero-order valence-corrected chi connectivity index (χ0v) is 21.3. The van der Waals surface area contributed by atoms with Crippen LogP contribution < -0.4 is 26.5 Å². The molecule has 2 amide bonds. The summed E-state index contributed by atoms with van der Waals surface area (Å²) in [4.78, 5) is 32.9. The Morgan fingerprint density at radius 1 is 1.09 bits per heavy atom. The maximum absolute atomic E-state index is 13.0. The fourth-order valence-electron chi connectivity index (χ4n) is 4.30. The summed E-state index contributed by atoms with van der Waals surface area (Å²) in [7, 11) is 0. The van der Waals surface area contributed by atoms with Crippen molar-refractivity contribution in [2.75, 3.05) is 35.0 Å². The van der Waals surface area contributed by atoms with Crippen LogP contribution in [0.3, 0.4) is 0 Å². The Kier molecular flexibility index (Phi) is 8.39. The number of para-hydroxylation sites is 1. The van der Waals surface area contributed by atoms with Crippen LogP contribution in [0.4, 0.5) is 0 Å². The molecule has 7 heteroatoms. The van der Waals surface area contributed by atoms with E-state index >= 15 is 0 Å². The SMILES string of the molecule is CC(=O)N(Cc1ccccc1)C[C@@H](Cc1c[nH]c2ccccc12)NC(=O)CN1CC[I-]CC1. The molecule has 0 unspecified atom stereocenters. The number of nitrogens with one attached hydrogen (secondary N) is 2. The van der Waals surface area contributed by atoms with E-state index in [-0.39, 0.29) is 17.9 Å². The van der Waals surface area contributed by atoms with E-state index in [4.69, 9.17) is 0 Å². The van der Waals surface area contributed by atoms with Crippen LogP contribution in [0.25, 0.3) is 10.9 Å². The molecule has 2 N–H and O–H groups in total. The monoisotopic (exact) mass is 559 g/mol. The summed E-state index contributed by atoms with van der Waals surface area (Å²) in [6.45, 7) is 5.10. The van der Waals surface area contributed by atoms with E-state index in [1.807, 2.05) is 53.6 Å². The molecule has 3 aromatic rings. The Labute approximate surface area is 206 Å². The van der Waals surface area contributed by atoms with Crippen LogP contribution in [0.2, 0.25) is 0 Å². The van der Waals surface area contributed by atoms with Crippen LogP contribution in [0.5, 0.6) is 0 Å². The molecule has 33 heavy (non-hydrogen) atoms. The second-order valence-corrected chi connectivity index (χ2v) is 11.8. The van der Waals surface area contributed by atoms with Crippen LogP contribution in [0.1, 0.15) is 18.1 Å². The Balaban J connectivity index is 1.50. The van der Waals surface area contributed by atoms with Gasteiger partial charge in [0.05, 0.1) is 0 Å². The average Bonchev–Trinajstić information content (AvgIpc) is 3.22. The zero-order valence-electron chi connectivity index (χ0n) is 19.1. The van der Waals surface area contributed by atoms with Crippen molar-refractivity contribution >= 4 is 22.7 Å². The van der Waals surface area contributed by atoms with Crippen LogP contribution in [-0.2, 0) is 22.6 Å². The molecule has 2 aromatic carbocycles. The average molecular weight is 559 g/mol. The Morgan fingerprint density at radius 3 is 2.58 bits per heavy atom. The third-order valence-corrected chi connectivity index (χ3v) is 8.54. The molecule has 1 saturated heterocycles. The third kappa shape index (κ3) is 6.80. The van der Waals surface area contributed by atoms with Crippen molar-refractivity contribution in [1.82, 2.24) is 20.1 Å². The molecule has 176 valence electrons. The van der Waals surface area contributed by atoms with E-state index < -0.39 is 0 Å². The van der Waals surface area contributed by atoms with Gasteiger partial charge in [-0.1, -0.05) is 24.3 Å². The first kappa shape index (κ1) is 23.8. The van der Waals surface area contributed by atoms with Gasteiger partial charge in [-0.2, -0.15) is 0 Å². The quantitative estimate of drug-likeness (QED) is 0.278. The van der Waals surface area contributed by atoms with Crippen LogP contribution in [0, 0.1) is 0 Å². The number of H-pyrrole nitrogens is 1. The Hall–Kier alpha value is -2.39. The molecule has 6 nitrogen and oxygen atoms in total. The van der Waals surface area contributed by atoms with E-state index in [1.54, 1.807) is 6.92 Å². The van der Waals surface area contributed by atoms with Crippen molar-refractivity contribution in [3.8, 4) is 0 Å². The summed E-state index contributed by atoms with van der Waals surface area (Å²) in [5.41, 5.74) is 3.32. The summed E-state index contributed by atoms with van der Waals surface area (Å²) in [5, 5.41) is 4.42. The van der Waals surface area contributed by atoms with Crippen molar-refractivity contribution in [3.63, 3.8) is 0 Å². The van der Waals surface area contributed by atoms with Gasteiger partial charge < -0.3 is 0 Å². The van der Waals surface area contributed by atoms with E-state index in [9.17, 15) is 9.59 Å². The number of aromatic amines is 1. The molecular formula is C26H32IN4O2-. The number of fused-ring (bicyclic) bond motifs is 1. The molecule has 0 bridgehead atoms. The first-order valence-electron chi connectivity index (χ1n) is 11.5. The number of rotatable bonds is 9. The number of carbonyl (C=O) groups excluding carboxylic acids is 2. The van der Waals surface area contributed by atoms with Gasteiger partial charge in [0.2, 0.25) is 0 Å². The van der Waals surface area contributed by atoms with Crippen LogP contribution >= 0.6 is 0 Å². The summed E-state index contributed by atoms with van der Waals surface area (Å²) in [6.07, 6.45) is 2.69. The summed E-state index contributed by atoms with van der Waals surface area (Å²) >= 11 is 0.333. The van der Waals surface area contributed by atoms with Crippen molar-refractivity contribution in [2.45, 2.75) is 25.9 Å². The van der Waals surface area contributed by atoms with E-state index in [0.717, 1.165) is 35.1 Å². The fraction of sp³-hybridized carbons (Fsp3) is 0.385. The molecule has 1 aliphatic rings. The van der Waals surface area contributed by atoms with Gasteiger partial charge in [-0.3, -0.25) is 0 Å². The van der Waals surface area contributed by atoms with Gasteiger partial charge in [0.1, 0.15) is 0 Å². The molecule has 2 heterocycles. The number of aromatic nitrogens is 1. The fourth-order valence-corrected chi connectivity index (χ4v) is 6.89. The standard InChI is InChI=1S/C26H32IN4O2/c1-20(32)31(17-21-7-3-2-4-8-21)18-23(29-26(33)19-30-13-11-27-12-14-30)15-22-16-28-25-10-6-5-9-24(22)25/h2-10,16,23,28H,11-15,17-19H2,1H3,(H,29,33)/q-1/t23-/m1/s1. The summed E-state index contributed by atoms with van der Waals surface area (Å²) in [6, 6.07) is 18.0. The Morgan fingerprint density at radius 2 is 1.82 bits per heavy atom. The molecule has 1 aromatic heterocycles. The molecule has 0 spiro atoms. The van der Waals surface area contributed by atoms with Crippen molar-refractivity contribution < 1.29 is 30.8 Å². The molecule has 1 fully saturated rings. The normalized spacial score (nSPS) is 15.5. The molecular weight excluding hydrogens is 527 g/mol. The number of nitrogens with zero attached hydrogens (tertiary/aromatic N) is 2. The van der Waals surface area contributed by atoms with Gasteiger partial charge in [0.15, 0.2) is 0 Å². The maximum atomic E-state index is 13.0. The van der Waals surface area contributed by atoms with Crippen molar-refractivity contribution in [2.24, 2.45) is 0 Å². The number of carbonyl (C=O) groups is 2. The molecule has 1 aliphatic heterocycles. The van der Waals surface area contributed by atoms with Gasteiger partial charge in [-0.15, -0.1) is 0 Å². The van der Waals surface area contributed by atoms with Gasteiger partial charge in [-0.05, 0) is 0 Å². The van der Waals surface area contributed by atoms with E-state index in [1.165, 1.54) is 8.86 Å². The first-order valence-corrected chi connectivity index (χ1v) is 14.5. The minimum absolute atomic E-state index is 0.0111. The number of alkyl halides is 2. The van der Waals surface area contributed by atoms with E-state index in [0.29, 0.717) is 47.3 Å². The number of amides is 2. The van der Waals surface area contributed by atoms with E-state index in [2.05, 4.69) is 27.3 Å². The molecule has 0 aliphatic carbocycles. The second kappa shape index (κ2) is 11.7. The second-order valence-electron chi connectivity index (χ2n) is 8.56. The predicted molar refractivity (Wildman–Crippen MR) is 128 cm³/mol. The molecule has 0 saturated carbocycles. The Bertz CT molecular complexity index is 1060. The first-order chi connectivity index (χ1) is 16.1. The zero-order chi connectivity index (χ0) is 23.0. The number of halogens is 1. The topological polar surface area (TPSA) is 68.4 Å². The summed E-state index contributed by atoms with van der Waals surface area (Å²) in [5.74, 6) is 0.0557. The van der Waals surface area contributed by atoms with Gasteiger partial charge in [0.25, 0.3) is 0 Å². The van der Waals surface area contributed by atoms with Crippen molar-refractivity contribution in [1.29, 1.82) is 0 Å². The van der Waals surface area contributed by atoms with Gasteiger partial charge in [0, 0.05) is 0 Å². The van der Waals surface area contributed by atoms with Crippen molar-refractivity contribution in [3.05, 3.63) is 71.9 Å². The van der Waals surface area contributed by atoms with Gasteiger partial charge >= 0.3 is 182 Å². The number of hydrogen-bond acceptors (Lipinski definition) is 3. The minimum atomic E-state index is -0.165. The summed E-state index contributed by atoms with van der Waals surface area (Å²) < 4.78 is 2.53. The molecule has 1 atom stereocenters. The van der Waals surface area contributed by atoms with Crippen LogP contribution in [-0.4, -0.2) is 67.7 Å². The van der Waals surface area contributed by atoms with Crippen LogP contribution in [0.15, 0.2) is 60.8 Å². The van der Waals surface area contributed by atoms with Gasteiger partial charge in [-0.25, -0.2) is 0 Å². The molecule has 4 rings (SSSR count). The predicted octanol–water partition coefficient (Wildman–Crippen LogP) is -0.351. The number of hydrogen-bond donors (Lipinski definition) is 2. The third-order valence-electron chi connectivity index (χ3n) is 6.04. The number of benzene rings is 2.